The average molecular weight is 274 g/mol. The van der Waals surface area contributed by atoms with Gasteiger partial charge in [0.05, 0.1) is 12.2 Å². The smallest absolute Gasteiger partial charge is 0.354 e. The van der Waals surface area contributed by atoms with Crippen LogP contribution in [0.2, 0.25) is 0 Å². The highest BCUT2D eigenvalue weighted by molar-refractivity contribution is 7.15. The number of hydrogen-bond acceptors (Lipinski definition) is 5. The quantitative estimate of drug-likeness (QED) is 0.935. The molecule has 2 aromatic heterocycles. The van der Waals surface area contributed by atoms with Gasteiger partial charge in [0.25, 0.3) is 0 Å². The Morgan fingerprint density at radius 1 is 1.33 bits per heavy atom. The van der Waals surface area contributed by atoms with Crippen LogP contribution < -0.4 is 5.32 Å². The molecule has 2 rings (SSSR count). The van der Waals surface area contributed by atoms with Crippen LogP contribution in [0.5, 0.6) is 0 Å². The molecule has 0 spiro atoms. The number of aryl methyl sites for hydroxylation is 1. The molecule has 0 aromatic carbocycles. The molecule has 2 heterocycles. The minimum Gasteiger partial charge on any atom is -0.354 e. The van der Waals surface area contributed by atoms with Gasteiger partial charge in [-0.1, -0.05) is 17.4 Å². The van der Waals surface area contributed by atoms with E-state index in [2.05, 4.69) is 20.5 Å². The van der Waals surface area contributed by atoms with Crippen molar-refractivity contribution in [3.8, 4) is 0 Å². The van der Waals surface area contributed by atoms with E-state index in [0.29, 0.717) is 17.9 Å². The van der Waals surface area contributed by atoms with Crippen molar-refractivity contribution in [3.63, 3.8) is 0 Å². The zero-order valence-corrected chi connectivity index (χ0v) is 10.1. The summed E-state index contributed by atoms with van der Waals surface area (Å²) in [6.45, 7) is 2.20. The lowest BCUT2D eigenvalue weighted by molar-refractivity contribution is -0.138. The molecule has 1 N–H and O–H groups in total. The Hall–Kier alpha value is -1.70. The number of nitrogens with one attached hydrogen (secondary N) is 1. The Bertz CT molecular complexity index is 538. The molecule has 4 nitrogen and oxygen atoms in total. The molecule has 0 atom stereocenters. The molecule has 8 heteroatoms. The maximum atomic E-state index is 12.3. The first-order valence-corrected chi connectivity index (χ1v) is 5.83. The topological polar surface area (TPSA) is 50.7 Å². The lowest BCUT2D eigenvalue weighted by atomic mass is 10.2. The fraction of sp³-hybridized carbons (Fsp3) is 0.300. The van der Waals surface area contributed by atoms with Crippen LogP contribution in [-0.4, -0.2) is 15.2 Å². The number of alkyl halides is 3. The molecule has 0 fully saturated rings. The van der Waals surface area contributed by atoms with Gasteiger partial charge in [0, 0.05) is 6.20 Å². The van der Waals surface area contributed by atoms with Gasteiger partial charge in [0.1, 0.15) is 0 Å². The second kappa shape index (κ2) is 4.89. The van der Waals surface area contributed by atoms with Gasteiger partial charge in [0.15, 0.2) is 0 Å². The van der Waals surface area contributed by atoms with Crippen LogP contribution in [0.25, 0.3) is 0 Å². The fourth-order valence-electron chi connectivity index (χ4n) is 1.27. The molecule has 0 aliphatic carbocycles. The van der Waals surface area contributed by atoms with Crippen molar-refractivity contribution in [2.24, 2.45) is 0 Å². The largest absolute Gasteiger partial charge is 0.445 e. The number of anilines is 1. The van der Waals surface area contributed by atoms with E-state index in [1.54, 1.807) is 12.3 Å². The molecular formula is C10H9F3N4S. The normalized spacial score (nSPS) is 11.6. The van der Waals surface area contributed by atoms with Crippen molar-refractivity contribution >= 4 is 16.5 Å². The van der Waals surface area contributed by atoms with Gasteiger partial charge < -0.3 is 5.32 Å². The number of hydrogen-bond donors (Lipinski definition) is 1. The first kappa shape index (κ1) is 12.7. The van der Waals surface area contributed by atoms with E-state index in [1.807, 2.05) is 13.0 Å². The molecule has 18 heavy (non-hydrogen) atoms. The molecule has 0 unspecified atom stereocenters. The Balaban J connectivity index is 2.03. The molecule has 0 saturated carbocycles. The van der Waals surface area contributed by atoms with Crippen LogP contribution in [0, 0.1) is 6.92 Å². The monoisotopic (exact) mass is 274 g/mol. The Morgan fingerprint density at radius 2 is 2.11 bits per heavy atom. The number of nitrogens with zero attached hydrogens (tertiary/aromatic N) is 3. The summed E-state index contributed by atoms with van der Waals surface area (Å²) in [6, 6.07) is 3.68. The van der Waals surface area contributed by atoms with E-state index in [-0.39, 0.29) is 5.13 Å². The number of aromatic nitrogens is 3. The molecular weight excluding hydrogens is 265 g/mol. The highest BCUT2D eigenvalue weighted by Gasteiger charge is 2.35. The second-order valence-corrected chi connectivity index (χ2v) is 4.51. The van der Waals surface area contributed by atoms with E-state index in [4.69, 9.17) is 0 Å². The zero-order chi connectivity index (χ0) is 13.2. The summed E-state index contributed by atoms with van der Waals surface area (Å²) in [5.74, 6) is 0. The van der Waals surface area contributed by atoms with E-state index in [0.717, 1.165) is 11.3 Å². The summed E-state index contributed by atoms with van der Waals surface area (Å²) in [6.07, 6.45) is -2.82. The second-order valence-electron chi connectivity index (χ2n) is 3.53. The summed E-state index contributed by atoms with van der Waals surface area (Å²) in [7, 11) is 0. The third kappa shape index (κ3) is 2.95. The van der Waals surface area contributed by atoms with Crippen molar-refractivity contribution in [1.82, 2.24) is 15.2 Å². The lowest BCUT2D eigenvalue weighted by Gasteiger charge is -2.04. The fourth-order valence-corrected chi connectivity index (χ4v) is 1.88. The predicted octanol–water partition coefficient (Wildman–Crippen LogP) is 2.87. The van der Waals surface area contributed by atoms with Crippen LogP contribution in [0.15, 0.2) is 18.3 Å². The Kier molecular flexibility index (Phi) is 3.46. The minimum absolute atomic E-state index is 0.132. The maximum Gasteiger partial charge on any atom is 0.445 e. The highest BCUT2D eigenvalue weighted by Crippen LogP contribution is 2.33. The van der Waals surface area contributed by atoms with Gasteiger partial charge >= 0.3 is 6.18 Å². The number of rotatable bonds is 3. The van der Waals surface area contributed by atoms with E-state index in [1.165, 1.54) is 0 Å². The molecule has 0 amide bonds. The molecule has 96 valence electrons. The summed E-state index contributed by atoms with van der Waals surface area (Å²) >= 11 is 0.479. The van der Waals surface area contributed by atoms with Gasteiger partial charge in [-0.15, -0.1) is 10.2 Å². The molecule has 0 saturated heterocycles. The first-order valence-electron chi connectivity index (χ1n) is 5.02. The first-order chi connectivity index (χ1) is 8.47. The van der Waals surface area contributed by atoms with Crippen molar-refractivity contribution < 1.29 is 13.2 Å². The third-order valence-electron chi connectivity index (χ3n) is 2.19. The lowest BCUT2D eigenvalue weighted by Crippen LogP contribution is -2.03. The molecule has 0 radical (unpaired) electrons. The Morgan fingerprint density at radius 3 is 2.72 bits per heavy atom. The van der Waals surface area contributed by atoms with Gasteiger partial charge in [-0.2, -0.15) is 13.2 Å². The van der Waals surface area contributed by atoms with Crippen LogP contribution >= 0.6 is 11.3 Å². The van der Waals surface area contributed by atoms with Gasteiger partial charge in [0.2, 0.25) is 10.1 Å². The summed E-state index contributed by atoms with van der Waals surface area (Å²) in [5, 5.41) is 8.47. The summed E-state index contributed by atoms with van der Waals surface area (Å²) < 4.78 is 36.9. The van der Waals surface area contributed by atoms with Crippen LogP contribution in [0.3, 0.4) is 0 Å². The third-order valence-corrected chi connectivity index (χ3v) is 3.12. The highest BCUT2D eigenvalue weighted by atomic mass is 32.1. The van der Waals surface area contributed by atoms with Gasteiger partial charge in [-0.25, -0.2) is 0 Å². The minimum atomic E-state index is -4.45. The Labute approximate surface area is 105 Å². The van der Waals surface area contributed by atoms with Crippen LogP contribution in [-0.2, 0) is 12.7 Å². The average Bonchev–Trinajstić information content (AvgIpc) is 2.76. The van der Waals surface area contributed by atoms with E-state index >= 15 is 0 Å². The summed E-state index contributed by atoms with van der Waals surface area (Å²) in [5.41, 5.74) is 1.73. The van der Waals surface area contributed by atoms with Crippen LogP contribution in [0.4, 0.5) is 18.3 Å². The molecule has 0 bridgehead atoms. The SMILES string of the molecule is Cc1cccnc1CNc1nnc(C(F)(F)F)s1. The van der Waals surface area contributed by atoms with Gasteiger partial charge in [-0.05, 0) is 18.6 Å². The van der Waals surface area contributed by atoms with E-state index in [9.17, 15) is 13.2 Å². The van der Waals surface area contributed by atoms with Crippen molar-refractivity contribution in [2.45, 2.75) is 19.6 Å². The van der Waals surface area contributed by atoms with Gasteiger partial charge in [-0.3, -0.25) is 4.98 Å². The standard InChI is InChI=1S/C10H9F3N4S/c1-6-3-2-4-14-7(6)5-15-9-17-16-8(18-9)10(11,12)13/h2-4H,5H2,1H3,(H,15,17). The van der Waals surface area contributed by atoms with Crippen molar-refractivity contribution in [2.75, 3.05) is 5.32 Å². The zero-order valence-electron chi connectivity index (χ0n) is 9.32. The van der Waals surface area contributed by atoms with Crippen molar-refractivity contribution in [1.29, 1.82) is 0 Å². The number of pyridine rings is 1. The molecule has 2 aromatic rings. The molecule has 0 aliphatic heterocycles. The predicted molar refractivity (Wildman–Crippen MR) is 61.2 cm³/mol. The molecule has 0 aliphatic rings. The van der Waals surface area contributed by atoms with E-state index < -0.39 is 11.2 Å². The van der Waals surface area contributed by atoms with Crippen molar-refractivity contribution in [3.05, 3.63) is 34.6 Å². The maximum absolute atomic E-state index is 12.3. The van der Waals surface area contributed by atoms with Crippen LogP contribution in [0.1, 0.15) is 16.3 Å². The summed E-state index contributed by atoms with van der Waals surface area (Å²) in [4.78, 5) is 4.12. The number of halogens is 3.